The molecular weight excluding hydrogens is 463 g/mol. The zero-order valence-corrected chi connectivity index (χ0v) is 18.8. The molecule has 0 bridgehead atoms. The number of pyridine rings is 1. The Bertz CT molecular complexity index is 1330. The van der Waals surface area contributed by atoms with E-state index >= 15 is 0 Å². The fourth-order valence-corrected chi connectivity index (χ4v) is 6.00. The summed E-state index contributed by atoms with van der Waals surface area (Å²) in [4.78, 5) is 31.2. The predicted molar refractivity (Wildman–Crippen MR) is 117 cm³/mol. The first-order valence-electron chi connectivity index (χ1n) is 9.41. The minimum atomic E-state index is -3.93. The molecule has 8 nitrogen and oxygen atoms in total. The van der Waals surface area contributed by atoms with Crippen molar-refractivity contribution >= 4 is 44.8 Å². The summed E-state index contributed by atoms with van der Waals surface area (Å²) in [5.41, 5.74) is 0.780. The standard InChI is InChI=1S/C20H18Cl2N4O4S/c1-13-5-6-17-23-11-14(20(28)26(17)12-13)19(27)24-7-9-25(10-8-24)31(29,30)18-15(21)3-2-4-16(18)22/h2-6,11-12H,7-10H2,1H3. The van der Waals surface area contributed by atoms with Crippen molar-refractivity contribution in [2.45, 2.75) is 11.8 Å². The van der Waals surface area contributed by atoms with E-state index < -0.39 is 21.5 Å². The molecule has 0 saturated carbocycles. The van der Waals surface area contributed by atoms with Crippen LogP contribution >= 0.6 is 23.2 Å². The van der Waals surface area contributed by atoms with Crippen molar-refractivity contribution in [1.29, 1.82) is 0 Å². The second-order valence-corrected chi connectivity index (χ2v) is 9.85. The van der Waals surface area contributed by atoms with Gasteiger partial charge in [-0.25, -0.2) is 13.4 Å². The molecule has 162 valence electrons. The number of carbonyl (C=O) groups is 1. The van der Waals surface area contributed by atoms with Crippen LogP contribution in [0.25, 0.3) is 5.65 Å². The molecule has 3 heterocycles. The lowest BCUT2D eigenvalue weighted by Crippen LogP contribution is -2.51. The number of sulfonamides is 1. The number of aromatic nitrogens is 2. The van der Waals surface area contributed by atoms with Crippen LogP contribution in [0.2, 0.25) is 10.0 Å². The van der Waals surface area contributed by atoms with E-state index in [-0.39, 0.29) is 46.7 Å². The Morgan fingerprint density at radius 3 is 2.32 bits per heavy atom. The summed E-state index contributed by atoms with van der Waals surface area (Å²) in [6.45, 7) is 2.19. The average molecular weight is 481 g/mol. The van der Waals surface area contributed by atoms with Crippen molar-refractivity contribution in [1.82, 2.24) is 18.6 Å². The number of hydrogen-bond donors (Lipinski definition) is 0. The number of hydrogen-bond acceptors (Lipinski definition) is 5. The first-order chi connectivity index (χ1) is 14.7. The van der Waals surface area contributed by atoms with Crippen molar-refractivity contribution < 1.29 is 13.2 Å². The van der Waals surface area contributed by atoms with Gasteiger partial charge in [0.05, 0.1) is 10.0 Å². The highest BCUT2D eigenvalue weighted by molar-refractivity contribution is 7.89. The van der Waals surface area contributed by atoms with E-state index in [0.717, 1.165) is 5.56 Å². The number of piperazine rings is 1. The van der Waals surface area contributed by atoms with Crippen LogP contribution in [-0.2, 0) is 10.0 Å². The maximum Gasteiger partial charge on any atom is 0.270 e. The molecule has 1 amide bonds. The molecule has 0 N–H and O–H groups in total. The van der Waals surface area contributed by atoms with Crippen molar-refractivity contribution in [3.05, 3.63) is 74.3 Å². The van der Waals surface area contributed by atoms with Crippen LogP contribution in [0.1, 0.15) is 15.9 Å². The van der Waals surface area contributed by atoms with Crippen LogP contribution in [0.3, 0.4) is 0 Å². The largest absolute Gasteiger partial charge is 0.336 e. The van der Waals surface area contributed by atoms with Gasteiger partial charge >= 0.3 is 0 Å². The predicted octanol–water partition coefficient (Wildman–Crippen LogP) is 2.46. The molecule has 3 aromatic rings. The normalized spacial score (nSPS) is 15.4. The molecule has 0 spiro atoms. The van der Waals surface area contributed by atoms with Crippen molar-refractivity contribution in [2.75, 3.05) is 26.2 Å². The van der Waals surface area contributed by atoms with E-state index in [1.807, 2.05) is 13.0 Å². The van der Waals surface area contributed by atoms with Gasteiger partial charge in [-0.2, -0.15) is 4.31 Å². The van der Waals surface area contributed by atoms with Crippen LogP contribution < -0.4 is 5.56 Å². The smallest absolute Gasteiger partial charge is 0.270 e. The van der Waals surface area contributed by atoms with E-state index in [1.54, 1.807) is 18.3 Å². The van der Waals surface area contributed by atoms with Gasteiger partial charge in [0.1, 0.15) is 16.1 Å². The Kier molecular flexibility index (Phi) is 5.78. The van der Waals surface area contributed by atoms with E-state index in [0.29, 0.717) is 5.65 Å². The van der Waals surface area contributed by atoms with Crippen LogP contribution in [-0.4, -0.2) is 59.1 Å². The van der Waals surface area contributed by atoms with Gasteiger partial charge in [0, 0.05) is 38.6 Å². The zero-order chi connectivity index (χ0) is 22.3. The highest BCUT2D eigenvalue weighted by Crippen LogP contribution is 2.31. The molecule has 0 atom stereocenters. The minimum absolute atomic E-state index is 0.0385. The number of amides is 1. The van der Waals surface area contributed by atoms with Gasteiger partial charge in [0.15, 0.2) is 0 Å². The van der Waals surface area contributed by atoms with Gasteiger partial charge in [0.2, 0.25) is 10.0 Å². The summed E-state index contributed by atoms with van der Waals surface area (Å²) < 4.78 is 28.6. The fourth-order valence-electron chi connectivity index (χ4n) is 3.49. The van der Waals surface area contributed by atoms with Gasteiger partial charge in [-0.3, -0.25) is 14.0 Å². The monoisotopic (exact) mass is 480 g/mol. The topological polar surface area (TPSA) is 92.1 Å². The Balaban J connectivity index is 1.55. The number of nitrogens with zero attached hydrogens (tertiary/aromatic N) is 4. The van der Waals surface area contributed by atoms with Crippen molar-refractivity contribution in [3.8, 4) is 0 Å². The molecule has 1 saturated heterocycles. The molecule has 1 aliphatic rings. The van der Waals surface area contributed by atoms with Crippen LogP contribution in [0.4, 0.5) is 0 Å². The van der Waals surface area contributed by atoms with Crippen LogP contribution in [0.15, 0.2) is 52.4 Å². The van der Waals surface area contributed by atoms with Gasteiger partial charge in [-0.1, -0.05) is 35.3 Å². The maximum atomic E-state index is 13.0. The van der Waals surface area contributed by atoms with E-state index in [2.05, 4.69) is 4.98 Å². The fraction of sp³-hybridized carbons (Fsp3) is 0.250. The Morgan fingerprint density at radius 1 is 1.03 bits per heavy atom. The first-order valence-corrected chi connectivity index (χ1v) is 11.6. The SMILES string of the molecule is Cc1ccc2ncc(C(=O)N3CCN(S(=O)(=O)c4c(Cl)cccc4Cl)CC3)c(=O)n2c1. The molecular formula is C20H18Cl2N4O4S. The molecule has 1 fully saturated rings. The molecule has 1 aliphatic heterocycles. The molecule has 0 radical (unpaired) electrons. The summed E-state index contributed by atoms with van der Waals surface area (Å²) >= 11 is 12.1. The third kappa shape index (κ3) is 3.94. The highest BCUT2D eigenvalue weighted by atomic mass is 35.5. The number of rotatable bonds is 3. The summed E-state index contributed by atoms with van der Waals surface area (Å²) in [6, 6.07) is 8.02. The van der Waals surface area contributed by atoms with Gasteiger partial charge in [-0.15, -0.1) is 0 Å². The lowest BCUT2D eigenvalue weighted by molar-refractivity contribution is 0.0695. The molecule has 31 heavy (non-hydrogen) atoms. The van der Waals surface area contributed by atoms with E-state index in [4.69, 9.17) is 23.2 Å². The number of halogens is 2. The lowest BCUT2D eigenvalue weighted by atomic mass is 10.2. The molecule has 1 aromatic carbocycles. The van der Waals surface area contributed by atoms with Crippen LogP contribution in [0.5, 0.6) is 0 Å². The number of benzene rings is 1. The number of fused-ring (bicyclic) bond motifs is 1. The highest BCUT2D eigenvalue weighted by Gasteiger charge is 2.33. The molecule has 2 aromatic heterocycles. The molecule has 0 unspecified atom stereocenters. The third-order valence-electron chi connectivity index (χ3n) is 5.12. The molecule has 4 rings (SSSR count). The number of carbonyl (C=O) groups excluding carboxylic acids is 1. The quantitative estimate of drug-likeness (QED) is 0.573. The Hall–Kier alpha value is -2.46. The van der Waals surface area contributed by atoms with Gasteiger partial charge in [-0.05, 0) is 30.7 Å². The summed E-state index contributed by atoms with van der Waals surface area (Å²) in [7, 11) is -3.93. The summed E-state index contributed by atoms with van der Waals surface area (Å²) in [5.74, 6) is -0.485. The maximum absolute atomic E-state index is 13.0. The minimum Gasteiger partial charge on any atom is -0.336 e. The zero-order valence-electron chi connectivity index (χ0n) is 16.5. The molecule has 0 aliphatic carbocycles. The van der Waals surface area contributed by atoms with E-state index in [1.165, 1.54) is 31.9 Å². The third-order valence-corrected chi connectivity index (χ3v) is 7.98. The number of aryl methyl sites for hydroxylation is 1. The molecule has 11 heteroatoms. The van der Waals surface area contributed by atoms with Crippen molar-refractivity contribution in [3.63, 3.8) is 0 Å². The second-order valence-electron chi connectivity index (χ2n) is 7.16. The summed E-state index contributed by atoms with van der Waals surface area (Å²) in [5, 5.41) is 0.0770. The summed E-state index contributed by atoms with van der Waals surface area (Å²) in [6.07, 6.45) is 2.89. The van der Waals surface area contributed by atoms with Gasteiger partial charge < -0.3 is 4.90 Å². The van der Waals surface area contributed by atoms with Crippen molar-refractivity contribution in [2.24, 2.45) is 0 Å². The lowest BCUT2D eigenvalue weighted by Gasteiger charge is -2.34. The Labute approximate surface area is 188 Å². The van der Waals surface area contributed by atoms with Crippen LogP contribution in [0, 0.1) is 6.92 Å². The average Bonchev–Trinajstić information content (AvgIpc) is 2.74. The van der Waals surface area contributed by atoms with E-state index in [9.17, 15) is 18.0 Å². The van der Waals surface area contributed by atoms with Gasteiger partial charge in [0.25, 0.3) is 11.5 Å². The Morgan fingerprint density at radius 2 is 1.68 bits per heavy atom. The second kappa shape index (κ2) is 8.23. The first kappa shape index (κ1) is 21.8.